The summed E-state index contributed by atoms with van der Waals surface area (Å²) in [4.78, 5) is 24.2. The van der Waals surface area contributed by atoms with Gasteiger partial charge in [0.15, 0.2) is 6.61 Å². The number of hydrogen-bond acceptors (Lipinski definition) is 4. The van der Waals surface area contributed by atoms with E-state index in [9.17, 15) is 18.4 Å². The second-order valence-corrected chi connectivity index (χ2v) is 7.76. The first-order valence-corrected chi connectivity index (χ1v) is 9.19. The highest BCUT2D eigenvalue weighted by Crippen LogP contribution is 2.25. The summed E-state index contributed by atoms with van der Waals surface area (Å²) in [5.74, 6) is -0.885. The first kappa shape index (κ1) is 22.3. The van der Waals surface area contributed by atoms with Gasteiger partial charge in [-0.05, 0) is 28.7 Å². The molecule has 0 aliphatic carbocycles. The lowest BCUT2D eigenvalue weighted by atomic mass is 9.92. The van der Waals surface area contributed by atoms with Crippen LogP contribution in [0.4, 0.5) is 8.78 Å². The second kappa shape index (κ2) is 10.0. The maximum Gasteiger partial charge on any atom is 0.387 e. The third-order valence-electron chi connectivity index (χ3n) is 3.92. The van der Waals surface area contributed by atoms with E-state index in [0.717, 1.165) is 5.56 Å². The molecule has 0 spiro atoms. The van der Waals surface area contributed by atoms with Gasteiger partial charge in [0, 0.05) is 0 Å². The fraction of sp³-hybridized carbons (Fsp3) is 0.364. The van der Waals surface area contributed by atoms with Gasteiger partial charge in [-0.25, -0.2) is 0 Å². The zero-order chi connectivity index (χ0) is 21.4. The molecule has 2 aromatic carbocycles. The number of benzene rings is 2. The summed E-state index contributed by atoms with van der Waals surface area (Å²) in [6.45, 7) is 2.40. The Hall–Kier alpha value is -2.96. The molecule has 29 heavy (non-hydrogen) atoms. The number of ether oxygens (including phenoxy) is 2. The van der Waals surface area contributed by atoms with Gasteiger partial charge in [-0.1, -0.05) is 63.2 Å². The first-order valence-electron chi connectivity index (χ1n) is 9.19. The molecule has 0 saturated carbocycles. The third-order valence-corrected chi connectivity index (χ3v) is 3.92. The molecule has 2 aromatic rings. The number of carbonyl (C=O) groups excluding carboxylic acids is 2. The Morgan fingerprint density at radius 3 is 2.10 bits per heavy atom. The number of nitrogens with one attached hydrogen (secondary N) is 1. The lowest BCUT2D eigenvalue weighted by molar-refractivity contribution is -0.150. The fourth-order valence-electron chi connectivity index (χ4n) is 2.68. The third kappa shape index (κ3) is 7.89. The largest absolute Gasteiger partial charge is 0.456 e. The highest BCUT2D eigenvalue weighted by molar-refractivity contribution is 5.81. The van der Waals surface area contributed by atoms with E-state index in [1.165, 1.54) is 12.1 Å². The van der Waals surface area contributed by atoms with Crippen LogP contribution in [0.2, 0.25) is 0 Å². The number of esters is 1. The van der Waals surface area contributed by atoms with Gasteiger partial charge in [0.2, 0.25) is 0 Å². The molecule has 1 N–H and O–H groups in total. The molecule has 0 aliphatic rings. The quantitative estimate of drug-likeness (QED) is 0.658. The molecule has 0 heterocycles. The first-order chi connectivity index (χ1) is 13.6. The van der Waals surface area contributed by atoms with Gasteiger partial charge < -0.3 is 14.8 Å². The smallest absolute Gasteiger partial charge is 0.387 e. The van der Waals surface area contributed by atoms with Crippen molar-refractivity contribution in [1.82, 2.24) is 5.32 Å². The molecule has 0 bridgehead atoms. The van der Waals surface area contributed by atoms with Crippen molar-refractivity contribution >= 4 is 11.9 Å². The summed E-state index contributed by atoms with van der Waals surface area (Å²) in [5.41, 5.74) is 1.24. The summed E-state index contributed by atoms with van der Waals surface area (Å²) in [7, 11) is 0. The van der Waals surface area contributed by atoms with Crippen LogP contribution in [0.3, 0.4) is 0 Å². The molecular formula is C22H25F2NO4. The van der Waals surface area contributed by atoms with E-state index in [1.54, 1.807) is 12.1 Å². The van der Waals surface area contributed by atoms with Crippen molar-refractivity contribution < 1.29 is 27.8 Å². The Balaban J connectivity index is 2.09. The van der Waals surface area contributed by atoms with Gasteiger partial charge in [-0.3, -0.25) is 9.59 Å². The lowest BCUT2D eigenvalue weighted by Gasteiger charge is -2.21. The highest BCUT2D eigenvalue weighted by Gasteiger charge is 2.20. The van der Waals surface area contributed by atoms with Gasteiger partial charge in [0.05, 0.1) is 12.5 Å². The monoisotopic (exact) mass is 405 g/mol. The van der Waals surface area contributed by atoms with Crippen LogP contribution in [0.15, 0.2) is 54.6 Å². The van der Waals surface area contributed by atoms with E-state index in [0.29, 0.717) is 5.56 Å². The number of carbonyl (C=O) groups is 2. The molecule has 5 nitrogen and oxygen atoms in total. The average Bonchev–Trinajstić information content (AvgIpc) is 2.64. The summed E-state index contributed by atoms with van der Waals surface area (Å²) in [6, 6.07) is 14.6. The van der Waals surface area contributed by atoms with Crippen LogP contribution in [0.1, 0.15) is 44.4 Å². The summed E-state index contributed by atoms with van der Waals surface area (Å²) < 4.78 is 34.1. The van der Waals surface area contributed by atoms with Gasteiger partial charge >= 0.3 is 12.6 Å². The van der Waals surface area contributed by atoms with Crippen LogP contribution >= 0.6 is 0 Å². The van der Waals surface area contributed by atoms with Crippen LogP contribution in [0.5, 0.6) is 5.75 Å². The SMILES string of the molecule is CC(C)(C)CC(=O)OCC(=O)N[C@H](c1ccccc1)c1ccc(OC(F)F)cc1. The maximum atomic E-state index is 12.4. The number of halogens is 2. The Morgan fingerprint density at radius 2 is 1.55 bits per heavy atom. The second-order valence-electron chi connectivity index (χ2n) is 7.76. The topological polar surface area (TPSA) is 64.6 Å². The molecule has 0 aromatic heterocycles. The van der Waals surface area contributed by atoms with Gasteiger partial charge in [-0.15, -0.1) is 0 Å². The Bertz CT molecular complexity index is 802. The number of amides is 1. The van der Waals surface area contributed by atoms with E-state index in [1.807, 2.05) is 51.1 Å². The molecule has 1 amide bonds. The molecule has 156 valence electrons. The minimum Gasteiger partial charge on any atom is -0.456 e. The minimum absolute atomic E-state index is 0.0259. The number of rotatable bonds is 8. The molecule has 0 unspecified atom stereocenters. The van der Waals surface area contributed by atoms with Crippen molar-refractivity contribution in [3.05, 3.63) is 65.7 Å². The van der Waals surface area contributed by atoms with E-state index >= 15 is 0 Å². The average molecular weight is 405 g/mol. The predicted molar refractivity (Wildman–Crippen MR) is 105 cm³/mol. The van der Waals surface area contributed by atoms with Crippen molar-refractivity contribution in [1.29, 1.82) is 0 Å². The maximum absolute atomic E-state index is 12.4. The predicted octanol–water partition coefficient (Wildman–Crippen LogP) is 4.47. The Labute approximate surface area is 169 Å². The van der Waals surface area contributed by atoms with E-state index in [4.69, 9.17) is 4.74 Å². The molecule has 0 aliphatic heterocycles. The van der Waals surface area contributed by atoms with Crippen LogP contribution in [-0.4, -0.2) is 25.1 Å². The van der Waals surface area contributed by atoms with Gasteiger partial charge in [0.25, 0.3) is 5.91 Å². The molecule has 2 rings (SSSR count). The molecule has 0 fully saturated rings. The minimum atomic E-state index is -2.91. The fourth-order valence-corrected chi connectivity index (χ4v) is 2.68. The highest BCUT2D eigenvalue weighted by atomic mass is 19.3. The molecule has 1 atom stereocenters. The number of alkyl halides is 2. The number of hydrogen-bond donors (Lipinski definition) is 1. The van der Waals surface area contributed by atoms with Gasteiger partial charge in [0.1, 0.15) is 5.75 Å². The van der Waals surface area contributed by atoms with Crippen molar-refractivity contribution in [2.24, 2.45) is 5.41 Å². The standard InChI is InChI=1S/C22H25F2NO4/c1-22(2,3)13-19(27)28-14-18(26)25-20(15-7-5-4-6-8-15)16-9-11-17(12-10-16)29-21(23)24/h4-12,20-21H,13-14H2,1-3H3,(H,25,26)/t20-/m1/s1. The zero-order valence-electron chi connectivity index (χ0n) is 16.7. The Morgan fingerprint density at radius 1 is 0.966 bits per heavy atom. The van der Waals surface area contributed by atoms with Crippen LogP contribution in [0, 0.1) is 5.41 Å². The lowest BCUT2D eigenvalue weighted by Crippen LogP contribution is -2.33. The summed E-state index contributed by atoms with van der Waals surface area (Å²) in [5, 5.41) is 2.82. The van der Waals surface area contributed by atoms with Crippen LogP contribution in [-0.2, 0) is 14.3 Å². The molecule has 0 saturated heterocycles. The van der Waals surface area contributed by atoms with Crippen molar-refractivity contribution in [2.75, 3.05) is 6.61 Å². The summed E-state index contributed by atoms with van der Waals surface area (Å²) >= 11 is 0. The molecule has 0 radical (unpaired) electrons. The van der Waals surface area contributed by atoms with Crippen molar-refractivity contribution in [3.8, 4) is 5.75 Å². The van der Waals surface area contributed by atoms with Crippen LogP contribution < -0.4 is 10.1 Å². The molecular weight excluding hydrogens is 380 g/mol. The van der Waals surface area contributed by atoms with Crippen molar-refractivity contribution in [2.45, 2.75) is 39.8 Å². The van der Waals surface area contributed by atoms with E-state index < -0.39 is 31.1 Å². The summed E-state index contributed by atoms with van der Waals surface area (Å²) in [6.07, 6.45) is 0.202. The Kier molecular flexibility index (Phi) is 7.70. The van der Waals surface area contributed by atoms with Crippen molar-refractivity contribution in [3.63, 3.8) is 0 Å². The van der Waals surface area contributed by atoms with Crippen LogP contribution in [0.25, 0.3) is 0 Å². The molecule has 7 heteroatoms. The normalized spacial score (nSPS) is 12.3. The van der Waals surface area contributed by atoms with E-state index in [-0.39, 0.29) is 17.6 Å². The van der Waals surface area contributed by atoms with E-state index in [2.05, 4.69) is 10.1 Å². The van der Waals surface area contributed by atoms with Gasteiger partial charge in [-0.2, -0.15) is 8.78 Å². The zero-order valence-corrected chi connectivity index (χ0v) is 16.7.